The van der Waals surface area contributed by atoms with Gasteiger partial charge in [-0.05, 0) is 49.2 Å². The van der Waals surface area contributed by atoms with Crippen molar-refractivity contribution in [3.05, 3.63) is 132 Å². The van der Waals surface area contributed by atoms with E-state index in [4.69, 9.17) is 15.0 Å². The molecule has 186 valence electrons. The summed E-state index contributed by atoms with van der Waals surface area (Å²) in [5.74, 6) is 2.02. The highest BCUT2D eigenvalue weighted by molar-refractivity contribution is 6.09. The number of aryl methyl sites for hydroxylation is 2. The van der Waals surface area contributed by atoms with Gasteiger partial charge in [-0.25, -0.2) is 15.0 Å². The minimum Gasteiger partial charge on any atom is -0.309 e. The summed E-state index contributed by atoms with van der Waals surface area (Å²) >= 11 is 0. The van der Waals surface area contributed by atoms with E-state index >= 15 is 0 Å². The molecule has 5 aromatic carbocycles. The predicted octanol–water partition coefficient (Wildman–Crippen LogP) is 8.59. The quantitative estimate of drug-likeness (QED) is 0.242. The van der Waals surface area contributed by atoms with E-state index in [-0.39, 0.29) is 0 Å². The molecule has 0 aliphatic heterocycles. The normalized spacial score (nSPS) is 11.3. The first-order valence-electron chi connectivity index (χ1n) is 13.1. The van der Waals surface area contributed by atoms with E-state index in [0.29, 0.717) is 17.5 Å². The van der Waals surface area contributed by atoms with Crippen LogP contribution in [0, 0.1) is 13.8 Å². The van der Waals surface area contributed by atoms with Crippen molar-refractivity contribution in [3.8, 4) is 39.9 Å². The Kier molecular flexibility index (Phi) is 5.52. The SMILES string of the molecule is Cc1cc(-n2c3ccccc3c3ccccc32)c(C)cc1-c1nc(-c2ccccc2)nc(-c2ccccc2)n1. The van der Waals surface area contributed by atoms with Crippen LogP contribution in [0.5, 0.6) is 0 Å². The number of para-hydroxylation sites is 2. The summed E-state index contributed by atoms with van der Waals surface area (Å²) < 4.78 is 2.37. The highest BCUT2D eigenvalue weighted by atomic mass is 15.0. The molecule has 0 saturated carbocycles. The van der Waals surface area contributed by atoms with E-state index in [2.05, 4.69) is 79.1 Å². The third-order valence-corrected chi connectivity index (χ3v) is 7.30. The molecule has 39 heavy (non-hydrogen) atoms. The van der Waals surface area contributed by atoms with Gasteiger partial charge in [0, 0.05) is 33.2 Å². The average molecular weight is 503 g/mol. The summed E-state index contributed by atoms with van der Waals surface area (Å²) in [6.07, 6.45) is 0. The molecule has 0 fully saturated rings. The second-order valence-corrected chi connectivity index (χ2v) is 9.86. The topological polar surface area (TPSA) is 43.6 Å². The zero-order chi connectivity index (χ0) is 26.3. The number of benzene rings is 5. The molecule has 0 aliphatic rings. The van der Waals surface area contributed by atoms with Crippen molar-refractivity contribution in [1.82, 2.24) is 19.5 Å². The lowest BCUT2D eigenvalue weighted by atomic mass is 10.0. The van der Waals surface area contributed by atoms with Crippen LogP contribution in [0.4, 0.5) is 0 Å². The molecule has 0 spiro atoms. The van der Waals surface area contributed by atoms with Crippen LogP contribution in [0.15, 0.2) is 121 Å². The Balaban J connectivity index is 1.44. The van der Waals surface area contributed by atoms with Crippen LogP contribution in [0.3, 0.4) is 0 Å². The van der Waals surface area contributed by atoms with Crippen LogP contribution in [-0.4, -0.2) is 19.5 Å². The largest absolute Gasteiger partial charge is 0.309 e. The van der Waals surface area contributed by atoms with Gasteiger partial charge in [0.15, 0.2) is 17.5 Å². The number of hydrogen-bond acceptors (Lipinski definition) is 3. The predicted molar refractivity (Wildman–Crippen MR) is 160 cm³/mol. The van der Waals surface area contributed by atoms with Crippen molar-refractivity contribution < 1.29 is 0 Å². The molecule has 0 amide bonds. The number of nitrogens with zero attached hydrogens (tertiary/aromatic N) is 4. The first kappa shape index (κ1) is 23.1. The van der Waals surface area contributed by atoms with Gasteiger partial charge >= 0.3 is 0 Å². The Morgan fingerprint density at radius 1 is 0.462 bits per heavy atom. The van der Waals surface area contributed by atoms with Gasteiger partial charge in [-0.1, -0.05) is 97.1 Å². The summed E-state index contributed by atoms with van der Waals surface area (Å²) in [5.41, 5.74) is 8.78. The molecule has 2 heterocycles. The van der Waals surface area contributed by atoms with Crippen LogP contribution in [0.2, 0.25) is 0 Å². The monoisotopic (exact) mass is 502 g/mol. The Labute approximate surface area is 227 Å². The maximum Gasteiger partial charge on any atom is 0.164 e. The fraction of sp³-hybridized carbons (Fsp3) is 0.0571. The van der Waals surface area contributed by atoms with E-state index < -0.39 is 0 Å². The van der Waals surface area contributed by atoms with Crippen LogP contribution < -0.4 is 0 Å². The van der Waals surface area contributed by atoms with Crippen molar-refractivity contribution in [1.29, 1.82) is 0 Å². The smallest absolute Gasteiger partial charge is 0.164 e. The molecule has 0 aliphatic carbocycles. The first-order chi connectivity index (χ1) is 19.2. The number of rotatable bonds is 4. The standard InChI is InChI=1S/C35H26N4/c1-23-22-32(39-30-19-11-9-17-27(30)28-18-10-12-20-31(28)39)24(2)21-29(23)35-37-33(25-13-5-3-6-14-25)36-34(38-35)26-15-7-4-8-16-26/h3-22H,1-2H3. The minimum atomic E-state index is 0.669. The molecule has 0 bridgehead atoms. The fourth-order valence-electron chi connectivity index (χ4n) is 5.39. The van der Waals surface area contributed by atoms with Crippen LogP contribution >= 0.6 is 0 Å². The average Bonchev–Trinajstić information content (AvgIpc) is 3.33. The molecular weight excluding hydrogens is 476 g/mol. The second kappa shape index (κ2) is 9.34. The van der Waals surface area contributed by atoms with Crippen LogP contribution in [0.1, 0.15) is 11.1 Å². The Morgan fingerprint density at radius 2 is 0.923 bits per heavy atom. The summed E-state index contributed by atoms with van der Waals surface area (Å²) in [6.45, 7) is 4.31. The molecule has 0 unspecified atom stereocenters. The second-order valence-electron chi connectivity index (χ2n) is 9.86. The molecule has 7 rings (SSSR count). The number of hydrogen-bond donors (Lipinski definition) is 0. The van der Waals surface area contributed by atoms with E-state index in [0.717, 1.165) is 33.5 Å². The third-order valence-electron chi connectivity index (χ3n) is 7.30. The molecule has 2 aromatic heterocycles. The highest BCUT2D eigenvalue weighted by Gasteiger charge is 2.18. The molecule has 0 saturated heterocycles. The van der Waals surface area contributed by atoms with Gasteiger partial charge in [-0.3, -0.25) is 0 Å². The molecule has 7 aromatic rings. The zero-order valence-electron chi connectivity index (χ0n) is 21.8. The van der Waals surface area contributed by atoms with Crippen molar-refractivity contribution >= 4 is 21.8 Å². The van der Waals surface area contributed by atoms with Gasteiger partial charge < -0.3 is 4.57 Å². The van der Waals surface area contributed by atoms with Gasteiger partial charge in [0.1, 0.15) is 0 Å². The van der Waals surface area contributed by atoms with Gasteiger partial charge in [-0.2, -0.15) is 0 Å². The lowest BCUT2D eigenvalue weighted by molar-refractivity contribution is 1.07. The van der Waals surface area contributed by atoms with Crippen molar-refractivity contribution in [2.45, 2.75) is 13.8 Å². The summed E-state index contributed by atoms with van der Waals surface area (Å²) in [4.78, 5) is 14.8. The van der Waals surface area contributed by atoms with Crippen LogP contribution in [-0.2, 0) is 0 Å². The molecule has 4 nitrogen and oxygen atoms in total. The number of fused-ring (bicyclic) bond motifs is 3. The minimum absolute atomic E-state index is 0.669. The summed E-state index contributed by atoms with van der Waals surface area (Å²) in [5, 5.41) is 2.51. The molecular formula is C35H26N4. The third kappa shape index (κ3) is 3.98. The Hall–Kier alpha value is -5.09. The highest BCUT2D eigenvalue weighted by Crippen LogP contribution is 2.35. The molecule has 0 N–H and O–H groups in total. The van der Waals surface area contributed by atoms with Gasteiger partial charge in [0.2, 0.25) is 0 Å². The Morgan fingerprint density at radius 3 is 1.46 bits per heavy atom. The van der Waals surface area contributed by atoms with Crippen LogP contribution in [0.25, 0.3) is 61.7 Å². The molecule has 0 radical (unpaired) electrons. The summed E-state index contributed by atoms with van der Waals surface area (Å²) in [7, 11) is 0. The lowest BCUT2D eigenvalue weighted by Crippen LogP contribution is -2.03. The van der Waals surface area contributed by atoms with E-state index in [1.807, 2.05) is 60.7 Å². The maximum absolute atomic E-state index is 4.96. The Bertz CT molecular complexity index is 1860. The fourth-order valence-corrected chi connectivity index (χ4v) is 5.39. The van der Waals surface area contributed by atoms with Crippen molar-refractivity contribution in [2.24, 2.45) is 0 Å². The molecule has 0 atom stereocenters. The maximum atomic E-state index is 4.96. The van der Waals surface area contributed by atoms with Crippen molar-refractivity contribution in [2.75, 3.05) is 0 Å². The first-order valence-corrected chi connectivity index (χ1v) is 13.1. The lowest BCUT2D eigenvalue weighted by Gasteiger charge is -2.16. The van der Waals surface area contributed by atoms with Gasteiger partial charge in [0.05, 0.1) is 11.0 Å². The van der Waals surface area contributed by atoms with E-state index in [1.54, 1.807) is 0 Å². The van der Waals surface area contributed by atoms with Gasteiger partial charge in [0.25, 0.3) is 0 Å². The number of aromatic nitrogens is 4. The van der Waals surface area contributed by atoms with E-state index in [9.17, 15) is 0 Å². The van der Waals surface area contributed by atoms with Gasteiger partial charge in [-0.15, -0.1) is 0 Å². The van der Waals surface area contributed by atoms with Crippen molar-refractivity contribution in [3.63, 3.8) is 0 Å². The molecule has 4 heteroatoms. The zero-order valence-corrected chi connectivity index (χ0v) is 21.8. The summed E-state index contributed by atoms with van der Waals surface area (Å²) in [6, 6.07) is 41.9. The van der Waals surface area contributed by atoms with E-state index in [1.165, 1.54) is 21.8 Å².